The summed E-state index contributed by atoms with van der Waals surface area (Å²) in [4.78, 5) is 29.3. The first-order chi connectivity index (χ1) is 14.6. The number of rotatable bonds is 8. The van der Waals surface area contributed by atoms with E-state index in [4.69, 9.17) is 9.47 Å². The fraction of sp³-hybridized carbons (Fsp3) is 0.435. The molecule has 0 bridgehead atoms. The molecule has 2 aromatic rings. The van der Waals surface area contributed by atoms with Crippen LogP contribution in [0.3, 0.4) is 0 Å². The van der Waals surface area contributed by atoms with E-state index in [9.17, 15) is 9.59 Å². The van der Waals surface area contributed by atoms with Crippen LogP contribution in [0, 0.1) is 5.92 Å². The molecule has 0 spiro atoms. The molecule has 1 heterocycles. The molecule has 7 nitrogen and oxygen atoms in total. The summed E-state index contributed by atoms with van der Waals surface area (Å²) in [5.74, 6) is 0.721. The molecule has 2 N–H and O–H groups in total. The summed E-state index contributed by atoms with van der Waals surface area (Å²) in [6.45, 7) is 4.59. The number of anilines is 2. The van der Waals surface area contributed by atoms with E-state index in [0.29, 0.717) is 41.7 Å². The van der Waals surface area contributed by atoms with Crippen molar-refractivity contribution in [1.82, 2.24) is 4.98 Å². The van der Waals surface area contributed by atoms with Gasteiger partial charge >= 0.3 is 0 Å². The smallest absolute Gasteiger partial charge is 0.255 e. The van der Waals surface area contributed by atoms with Gasteiger partial charge in [-0.05, 0) is 38.8 Å². The van der Waals surface area contributed by atoms with Gasteiger partial charge in [-0.3, -0.25) is 14.6 Å². The van der Waals surface area contributed by atoms with Gasteiger partial charge in [0.2, 0.25) is 5.91 Å². The van der Waals surface area contributed by atoms with Crippen molar-refractivity contribution in [2.45, 2.75) is 46.0 Å². The lowest BCUT2D eigenvalue weighted by molar-refractivity contribution is -0.120. The summed E-state index contributed by atoms with van der Waals surface area (Å²) in [5.41, 5.74) is 1.52. The van der Waals surface area contributed by atoms with E-state index in [1.807, 2.05) is 13.8 Å². The van der Waals surface area contributed by atoms with Gasteiger partial charge in [-0.1, -0.05) is 19.3 Å². The Bertz CT molecular complexity index is 864. The number of hydrogen-bond donors (Lipinski definition) is 2. The number of hydrogen-bond acceptors (Lipinski definition) is 5. The summed E-state index contributed by atoms with van der Waals surface area (Å²) in [5, 5.41) is 5.88. The molecule has 0 unspecified atom stereocenters. The molecular weight excluding hydrogens is 382 g/mol. The molecule has 0 aliphatic heterocycles. The van der Waals surface area contributed by atoms with E-state index in [1.54, 1.807) is 36.7 Å². The Labute approximate surface area is 177 Å². The van der Waals surface area contributed by atoms with Gasteiger partial charge in [0.1, 0.15) is 11.5 Å². The molecule has 1 aliphatic carbocycles. The van der Waals surface area contributed by atoms with Crippen LogP contribution in [0.25, 0.3) is 0 Å². The number of aromatic nitrogens is 1. The molecule has 1 aromatic carbocycles. The number of benzene rings is 1. The minimum atomic E-state index is -0.278. The molecule has 1 saturated carbocycles. The van der Waals surface area contributed by atoms with Gasteiger partial charge in [-0.25, -0.2) is 0 Å². The predicted molar refractivity (Wildman–Crippen MR) is 116 cm³/mol. The fourth-order valence-electron chi connectivity index (χ4n) is 3.60. The van der Waals surface area contributed by atoms with E-state index >= 15 is 0 Å². The molecule has 2 amide bonds. The predicted octanol–water partition coefficient (Wildman–Crippen LogP) is 4.65. The van der Waals surface area contributed by atoms with Crippen LogP contribution < -0.4 is 20.1 Å². The largest absolute Gasteiger partial charge is 0.492 e. The van der Waals surface area contributed by atoms with Crippen molar-refractivity contribution in [1.29, 1.82) is 0 Å². The van der Waals surface area contributed by atoms with E-state index in [-0.39, 0.29) is 17.7 Å². The highest BCUT2D eigenvalue weighted by Crippen LogP contribution is 2.38. The van der Waals surface area contributed by atoms with Crippen LogP contribution >= 0.6 is 0 Å². The van der Waals surface area contributed by atoms with Gasteiger partial charge in [-0.2, -0.15) is 0 Å². The minimum Gasteiger partial charge on any atom is -0.492 e. The van der Waals surface area contributed by atoms with Crippen LogP contribution in [0.5, 0.6) is 11.5 Å². The summed E-state index contributed by atoms with van der Waals surface area (Å²) in [6.07, 6.45) is 8.31. The number of nitrogens with zero attached hydrogens (tertiary/aromatic N) is 1. The Morgan fingerprint density at radius 2 is 1.50 bits per heavy atom. The first-order valence-electron chi connectivity index (χ1n) is 10.6. The Morgan fingerprint density at radius 3 is 2.07 bits per heavy atom. The van der Waals surface area contributed by atoms with Crippen molar-refractivity contribution in [3.63, 3.8) is 0 Å². The molecule has 1 fully saturated rings. The van der Waals surface area contributed by atoms with Gasteiger partial charge in [-0.15, -0.1) is 0 Å². The molecule has 0 radical (unpaired) electrons. The molecule has 0 saturated heterocycles. The number of carbonyl (C=O) groups excluding carboxylic acids is 2. The average molecular weight is 412 g/mol. The van der Waals surface area contributed by atoms with Gasteiger partial charge in [0.25, 0.3) is 5.91 Å². The van der Waals surface area contributed by atoms with Gasteiger partial charge in [0.05, 0.1) is 24.6 Å². The summed E-state index contributed by atoms with van der Waals surface area (Å²) in [6, 6.07) is 6.69. The summed E-state index contributed by atoms with van der Waals surface area (Å²) < 4.78 is 11.5. The SMILES string of the molecule is CCOc1cc(NC(=O)C2CCCCC2)c(OCC)cc1NC(=O)c1ccncc1. The maximum atomic E-state index is 12.8. The van der Waals surface area contributed by atoms with Crippen molar-refractivity contribution in [2.24, 2.45) is 5.92 Å². The molecule has 1 aromatic heterocycles. The summed E-state index contributed by atoms with van der Waals surface area (Å²) >= 11 is 0. The Hall–Kier alpha value is -3.09. The lowest BCUT2D eigenvalue weighted by atomic mass is 9.88. The van der Waals surface area contributed by atoms with Crippen LogP contribution in [0.2, 0.25) is 0 Å². The Balaban J connectivity index is 1.86. The van der Waals surface area contributed by atoms with Crippen LogP contribution in [0.4, 0.5) is 11.4 Å². The number of amides is 2. The van der Waals surface area contributed by atoms with E-state index in [0.717, 1.165) is 25.7 Å². The third kappa shape index (κ3) is 5.49. The minimum absolute atomic E-state index is 0.00618. The Morgan fingerprint density at radius 1 is 0.933 bits per heavy atom. The quantitative estimate of drug-likeness (QED) is 0.660. The van der Waals surface area contributed by atoms with E-state index in [1.165, 1.54) is 6.42 Å². The van der Waals surface area contributed by atoms with E-state index in [2.05, 4.69) is 15.6 Å². The number of carbonyl (C=O) groups is 2. The summed E-state index contributed by atoms with van der Waals surface area (Å²) in [7, 11) is 0. The number of pyridine rings is 1. The zero-order chi connectivity index (χ0) is 21.3. The highest BCUT2D eigenvalue weighted by atomic mass is 16.5. The first kappa shape index (κ1) is 21.6. The highest BCUT2D eigenvalue weighted by Gasteiger charge is 2.23. The molecule has 160 valence electrons. The second-order valence-electron chi connectivity index (χ2n) is 7.22. The monoisotopic (exact) mass is 411 g/mol. The highest BCUT2D eigenvalue weighted by molar-refractivity contribution is 6.05. The molecular formula is C23H29N3O4. The topological polar surface area (TPSA) is 89.5 Å². The molecule has 30 heavy (non-hydrogen) atoms. The Kier molecular flexibility index (Phi) is 7.65. The third-order valence-electron chi connectivity index (χ3n) is 5.11. The fourth-order valence-corrected chi connectivity index (χ4v) is 3.60. The maximum absolute atomic E-state index is 12.8. The lowest BCUT2D eigenvalue weighted by Crippen LogP contribution is -2.25. The normalized spacial score (nSPS) is 14.1. The lowest BCUT2D eigenvalue weighted by Gasteiger charge is -2.22. The standard InChI is InChI=1S/C23H29N3O4/c1-3-29-20-15-19(26-23(28)17-10-12-24-13-11-17)21(30-4-2)14-18(20)25-22(27)16-8-6-5-7-9-16/h10-16H,3-9H2,1-2H3,(H,25,27)(H,26,28). The number of nitrogens with one attached hydrogen (secondary N) is 2. The second-order valence-corrected chi connectivity index (χ2v) is 7.22. The van der Waals surface area contributed by atoms with Crippen LogP contribution in [0.1, 0.15) is 56.3 Å². The van der Waals surface area contributed by atoms with Crippen LogP contribution in [-0.4, -0.2) is 30.0 Å². The third-order valence-corrected chi connectivity index (χ3v) is 5.11. The van der Waals surface area contributed by atoms with Crippen molar-refractivity contribution >= 4 is 23.2 Å². The first-order valence-corrected chi connectivity index (χ1v) is 10.6. The van der Waals surface area contributed by atoms with Gasteiger partial charge in [0.15, 0.2) is 0 Å². The average Bonchev–Trinajstić information content (AvgIpc) is 2.78. The van der Waals surface area contributed by atoms with Crippen LogP contribution in [0.15, 0.2) is 36.7 Å². The van der Waals surface area contributed by atoms with Crippen molar-refractivity contribution in [3.05, 3.63) is 42.2 Å². The van der Waals surface area contributed by atoms with Crippen molar-refractivity contribution < 1.29 is 19.1 Å². The molecule has 1 aliphatic rings. The van der Waals surface area contributed by atoms with E-state index < -0.39 is 0 Å². The van der Waals surface area contributed by atoms with Crippen molar-refractivity contribution in [2.75, 3.05) is 23.8 Å². The second kappa shape index (κ2) is 10.6. The van der Waals surface area contributed by atoms with Gasteiger partial charge < -0.3 is 20.1 Å². The van der Waals surface area contributed by atoms with Gasteiger partial charge in [0, 0.05) is 36.0 Å². The zero-order valence-electron chi connectivity index (χ0n) is 17.6. The number of ether oxygens (including phenoxy) is 2. The van der Waals surface area contributed by atoms with Crippen LogP contribution in [-0.2, 0) is 4.79 Å². The molecule has 3 rings (SSSR count). The molecule has 7 heteroatoms. The molecule has 0 atom stereocenters. The zero-order valence-corrected chi connectivity index (χ0v) is 17.6. The maximum Gasteiger partial charge on any atom is 0.255 e. The van der Waals surface area contributed by atoms with Crippen molar-refractivity contribution in [3.8, 4) is 11.5 Å².